The molecule has 29 heavy (non-hydrogen) atoms. The highest BCUT2D eigenvalue weighted by Crippen LogP contribution is 2.29. The molecule has 0 aliphatic carbocycles. The van der Waals surface area contributed by atoms with Gasteiger partial charge in [0.2, 0.25) is 0 Å². The number of hydrogen-bond acceptors (Lipinski definition) is 4. The lowest BCUT2D eigenvalue weighted by Crippen LogP contribution is -1.99. The standard InChI is InChI=1S/C25H28N2O2/c1-3-4-8-18-28-23-16-14-21(15-17-23)19-29-25-13-9-12-24(20(25)2)27-26-22-10-6-5-7-11-22/h5-7,9-17H,3-4,8,18-19H2,1-2H3. The monoisotopic (exact) mass is 388 g/mol. The molecule has 4 heteroatoms. The SMILES string of the molecule is CCCCCOc1ccc(COc2cccc(N=Nc3ccccc3)c2C)cc1. The Morgan fingerprint density at radius 1 is 0.759 bits per heavy atom. The molecular formula is C25H28N2O2. The first-order valence-corrected chi connectivity index (χ1v) is 10.2. The first kappa shape index (κ1) is 20.6. The van der Waals surface area contributed by atoms with Crippen LogP contribution < -0.4 is 9.47 Å². The van der Waals surface area contributed by atoms with Crippen LogP contribution in [0.1, 0.15) is 37.3 Å². The lowest BCUT2D eigenvalue weighted by atomic mass is 10.2. The van der Waals surface area contributed by atoms with E-state index in [9.17, 15) is 0 Å². The predicted octanol–water partition coefficient (Wildman–Crippen LogP) is 7.56. The van der Waals surface area contributed by atoms with Crippen LogP contribution in [0.2, 0.25) is 0 Å². The van der Waals surface area contributed by atoms with Crippen molar-refractivity contribution in [2.45, 2.75) is 39.7 Å². The van der Waals surface area contributed by atoms with Gasteiger partial charge in [-0.05, 0) is 55.3 Å². The summed E-state index contributed by atoms with van der Waals surface area (Å²) in [7, 11) is 0. The summed E-state index contributed by atoms with van der Waals surface area (Å²) in [6.07, 6.45) is 3.50. The van der Waals surface area contributed by atoms with E-state index in [2.05, 4.69) is 17.2 Å². The minimum Gasteiger partial charge on any atom is -0.494 e. The van der Waals surface area contributed by atoms with Gasteiger partial charge in [0.25, 0.3) is 0 Å². The molecule has 4 nitrogen and oxygen atoms in total. The molecule has 0 saturated carbocycles. The van der Waals surface area contributed by atoms with Crippen LogP contribution in [-0.4, -0.2) is 6.61 Å². The third-order valence-corrected chi connectivity index (χ3v) is 4.62. The van der Waals surface area contributed by atoms with Gasteiger partial charge in [0.15, 0.2) is 0 Å². The molecule has 150 valence electrons. The summed E-state index contributed by atoms with van der Waals surface area (Å²) in [5.41, 5.74) is 3.71. The van der Waals surface area contributed by atoms with Crippen molar-refractivity contribution in [2.24, 2.45) is 10.2 Å². The van der Waals surface area contributed by atoms with Gasteiger partial charge in [-0.3, -0.25) is 0 Å². The predicted molar refractivity (Wildman–Crippen MR) is 118 cm³/mol. The molecule has 3 rings (SSSR count). The molecule has 0 unspecified atom stereocenters. The van der Waals surface area contributed by atoms with Crippen LogP contribution in [0.15, 0.2) is 83.0 Å². The molecule has 0 radical (unpaired) electrons. The van der Waals surface area contributed by atoms with Crippen LogP contribution in [0, 0.1) is 6.92 Å². The highest BCUT2D eigenvalue weighted by Gasteiger charge is 2.05. The first-order valence-electron chi connectivity index (χ1n) is 10.2. The van der Waals surface area contributed by atoms with Crippen molar-refractivity contribution in [1.29, 1.82) is 0 Å². The third-order valence-electron chi connectivity index (χ3n) is 4.62. The molecule has 0 atom stereocenters. The van der Waals surface area contributed by atoms with Gasteiger partial charge in [-0.25, -0.2) is 0 Å². The average Bonchev–Trinajstić information content (AvgIpc) is 2.77. The van der Waals surface area contributed by atoms with E-state index in [0.29, 0.717) is 6.61 Å². The zero-order chi connectivity index (χ0) is 20.3. The van der Waals surface area contributed by atoms with Gasteiger partial charge in [-0.2, -0.15) is 10.2 Å². The maximum atomic E-state index is 6.03. The van der Waals surface area contributed by atoms with Gasteiger partial charge in [-0.1, -0.05) is 56.2 Å². The summed E-state index contributed by atoms with van der Waals surface area (Å²) in [6.45, 7) is 5.46. The Hall–Kier alpha value is -3.14. The van der Waals surface area contributed by atoms with Crippen molar-refractivity contribution >= 4 is 11.4 Å². The van der Waals surface area contributed by atoms with E-state index in [0.717, 1.165) is 47.0 Å². The van der Waals surface area contributed by atoms with E-state index in [-0.39, 0.29) is 0 Å². The highest BCUT2D eigenvalue weighted by atomic mass is 16.5. The van der Waals surface area contributed by atoms with Crippen LogP contribution in [0.25, 0.3) is 0 Å². The molecular weight excluding hydrogens is 360 g/mol. The van der Waals surface area contributed by atoms with Gasteiger partial charge in [0.05, 0.1) is 18.0 Å². The molecule has 0 spiro atoms. The summed E-state index contributed by atoms with van der Waals surface area (Å²) in [4.78, 5) is 0. The summed E-state index contributed by atoms with van der Waals surface area (Å²) in [6, 6.07) is 23.6. The molecule has 0 bridgehead atoms. The Kier molecular flexibility index (Phi) is 7.81. The molecule has 0 N–H and O–H groups in total. The maximum Gasteiger partial charge on any atom is 0.124 e. The van der Waals surface area contributed by atoms with E-state index in [1.807, 2.05) is 79.7 Å². The van der Waals surface area contributed by atoms with Gasteiger partial charge >= 0.3 is 0 Å². The Labute approximate surface area is 173 Å². The smallest absolute Gasteiger partial charge is 0.124 e. The van der Waals surface area contributed by atoms with Crippen LogP contribution in [-0.2, 0) is 6.61 Å². The van der Waals surface area contributed by atoms with Gasteiger partial charge in [-0.15, -0.1) is 0 Å². The first-order chi connectivity index (χ1) is 14.3. The minimum atomic E-state index is 0.496. The van der Waals surface area contributed by atoms with Gasteiger partial charge in [0, 0.05) is 5.56 Å². The number of azo groups is 1. The van der Waals surface area contributed by atoms with Crippen molar-refractivity contribution in [2.75, 3.05) is 6.61 Å². The minimum absolute atomic E-state index is 0.496. The van der Waals surface area contributed by atoms with Crippen molar-refractivity contribution in [3.63, 3.8) is 0 Å². The van der Waals surface area contributed by atoms with Crippen LogP contribution in [0.3, 0.4) is 0 Å². The number of ether oxygens (including phenoxy) is 2. The van der Waals surface area contributed by atoms with Crippen molar-refractivity contribution in [1.82, 2.24) is 0 Å². The van der Waals surface area contributed by atoms with Crippen molar-refractivity contribution < 1.29 is 9.47 Å². The fraction of sp³-hybridized carbons (Fsp3) is 0.280. The van der Waals surface area contributed by atoms with E-state index in [1.54, 1.807) is 0 Å². The summed E-state index contributed by atoms with van der Waals surface area (Å²) in [5.74, 6) is 1.72. The quantitative estimate of drug-likeness (QED) is 0.266. The highest BCUT2D eigenvalue weighted by molar-refractivity contribution is 5.53. The fourth-order valence-corrected chi connectivity index (χ4v) is 2.86. The zero-order valence-electron chi connectivity index (χ0n) is 17.2. The largest absolute Gasteiger partial charge is 0.494 e. The van der Waals surface area contributed by atoms with Crippen LogP contribution in [0.5, 0.6) is 11.5 Å². The molecule has 0 aliphatic rings. The molecule has 0 aliphatic heterocycles. The Morgan fingerprint density at radius 2 is 1.55 bits per heavy atom. The van der Waals surface area contributed by atoms with Gasteiger partial charge in [0.1, 0.15) is 18.1 Å². The molecule has 0 saturated heterocycles. The maximum absolute atomic E-state index is 6.03. The fourth-order valence-electron chi connectivity index (χ4n) is 2.86. The second-order valence-electron chi connectivity index (χ2n) is 6.92. The number of rotatable bonds is 10. The number of hydrogen-bond donors (Lipinski definition) is 0. The number of benzene rings is 3. The second-order valence-corrected chi connectivity index (χ2v) is 6.92. The Balaban J connectivity index is 1.57. The topological polar surface area (TPSA) is 43.2 Å². The van der Waals surface area contributed by atoms with E-state index < -0.39 is 0 Å². The summed E-state index contributed by atoms with van der Waals surface area (Å²) >= 11 is 0. The number of unbranched alkanes of at least 4 members (excludes halogenated alkanes) is 2. The lowest BCUT2D eigenvalue weighted by molar-refractivity contribution is 0.300. The van der Waals surface area contributed by atoms with E-state index in [4.69, 9.17) is 9.47 Å². The summed E-state index contributed by atoms with van der Waals surface area (Å²) < 4.78 is 11.8. The van der Waals surface area contributed by atoms with E-state index in [1.165, 1.54) is 12.8 Å². The normalized spacial score (nSPS) is 11.0. The van der Waals surface area contributed by atoms with Gasteiger partial charge < -0.3 is 9.47 Å². The molecule has 0 heterocycles. The van der Waals surface area contributed by atoms with Crippen molar-refractivity contribution in [3.05, 3.63) is 83.9 Å². The second kappa shape index (κ2) is 11.0. The molecule has 0 aromatic heterocycles. The van der Waals surface area contributed by atoms with Crippen LogP contribution >= 0.6 is 0 Å². The molecule has 0 amide bonds. The molecule has 0 fully saturated rings. The third kappa shape index (κ3) is 6.46. The Bertz CT molecular complexity index is 906. The molecule has 3 aromatic rings. The van der Waals surface area contributed by atoms with Crippen LogP contribution in [0.4, 0.5) is 11.4 Å². The molecule has 3 aromatic carbocycles. The number of nitrogens with zero attached hydrogens (tertiary/aromatic N) is 2. The van der Waals surface area contributed by atoms with E-state index >= 15 is 0 Å². The zero-order valence-corrected chi connectivity index (χ0v) is 17.2. The summed E-state index contributed by atoms with van der Waals surface area (Å²) in [5, 5.41) is 8.67. The average molecular weight is 389 g/mol. The van der Waals surface area contributed by atoms with Crippen molar-refractivity contribution in [3.8, 4) is 11.5 Å². The lowest BCUT2D eigenvalue weighted by Gasteiger charge is -2.11. The Morgan fingerprint density at radius 3 is 2.31 bits per heavy atom.